The summed E-state index contributed by atoms with van der Waals surface area (Å²) in [5.74, 6) is 0.311. The smallest absolute Gasteiger partial charge is 0.118 e. The van der Waals surface area contributed by atoms with Crippen LogP contribution in [-0.4, -0.2) is 47.7 Å². The van der Waals surface area contributed by atoms with Crippen LogP contribution in [0.15, 0.2) is 30.5 Å². The molecule has 0 atom stereocenters. The Kier molecular flexibility index (Phi) is 7.32. The van der Waals surface area contributed by atoms with Gasteiger partial charge in [-0.05, 0) is 51.5 Å². The maximum atomic E-state index is 10.0. The van der Waals surface area contributed by atoms with Crippen LogP contribution in [0.25, 0.3) is 10.9 Å². The van der Waals surface area contributed by atoms with Gasteiger partial charge in [-0.3, -0.25) is 4.98 Å². The zero-order valence-electron chi connectivity index (χ0n) is 15.3. The molecule has 0 saturated carbocycles. The number of hydrogen-bond donors (Lipinski definition) is 1. The van der Waals surface area contributed by atoms with Gasteiger partial charge in [-0.15, -0.1) is 0 Å². The molecule has 0 spiro atoms. The summed E-state index contributed by atoms with van der Waals surface area (Å²) < 4.78 is 0. The molecule has 24 heavy (non-hydrogen) atoms. The highest BCUT2D eigenvalue weighted by molar-refractivity contribution is 5.92. The van der Waals surface area contributed by atoms with Crippen molar-refractivity contribution in [3.63, 3.8) is 0 Å². The molecule has 0 unspecified atom stereocenters. The lowest BCUT2D eigenvalue weighted by molar-refractivity contribution is 0.296. The second-order valence-electron chi connectivity index (χ2n) is 6.21. The van der Waals surface area contributed by atoms with Gasteiger partial charge >= 0.3 is 0 Å². The minimum atomic E-state index is 0.311. The van der Waals surface area contributed by atoms with Crippen molar-refractivity contribution in [1.29, 1.82) is 0 Å². The number of pyridine rings is 1. The van der Waals surface area contributed by atoms with E-state index in [1.165, 1.54) is 25.8 Å². The minimum Gasteiger partial charge on any atom is -0.508 e. The van der Waals surface area contributed by atoms with Crippen LogP contribution in [0.5, 0.6) is 5.75 Å². The van der Waals surface area contributed by atoms with Gasteiger partial charge in [0.2, 0.25) is 0 Å². The van der Waals surface area contributed by atoms with Gasteiger partial charge in [-0.2, -0.15) is 0 Å². The molecule has 132 valence electrons. The predicted octanol–water partition coefficient (Wildman–Crippen LogP) is 4.28. The van der Waals surface area contributed by atoms with Gasteiger partial charge in [0.1, 0.15) is 5.75 Å². The molecule has 1 N–H and O–H groups in total. The third kappa shape index (κ3) is 4.84. The first-order chi connectivity index (χ1) is 11.7. The van der Waals surface area contributed by atoms with E-state index in [2.05, 4.69) is 35.6 Å². The highest BCUT2D eigenvalue weighted by Gasteiger charge is 2.11. The first-order valence-corrected chi connectivity index (χ1v) is 9.24. The molecule has 0 aliphatic heterocycles. The summed E-state index contributed by atoms with van der Waals surface area (Å²) in [6.07, 6.45) is 5.47. The quantitative estimate of drug-likeness (QED) is 0.661. The maximum absolute atomic E-state index is 10.0. The van der Waals surface area contributed by atoms with Crippen LogP contribution in [-0.2, 0) is 0 Å². The van der Waals surface area contributed by atoms with E-state index in [0.29, 0.717) is 5.75 Å². The van der Waals surface area contributed by atoms with E-state index >= 15 is 0 Å². The molecule has 0 fully saturated rings. The molecule has 0 amide bonds. The van der Waals surface area contributed by atoms with Gasteiger partial charge in [-0.1, -0.05) is 26.3 Å². The van der Waals surface area contributed by atoms with Crippen LogP contribution in [0, 0.1) is 0 Å². The minimum absolute atomic E-state index is 0.311. The molecule has 1 aromatic heterocycles. The molecule has 1 heterocycles. The fraction of sp³-hybridized carbons (Fsp3) is 0.550. The molecule has 0 saturated heterocycles. The third-order valence-corrected chi connectivity index (χ3v) is 4.69. The van der Waals surface area contributed by atoms with Crippen molar-refractivity contribution in [3.05, 3.63) is 30.5 Å². The normalized spacial score (nSPS) is 11.3. The molecule has 1 aromatic carbocycles. The number of fused-ring (bicyclic) bond motifs is 1. The van der Waals surface area contributed by atoms with Crippen molar-refractivity contribution < 1.29 is 5.11 Å². The van der Waals surface area contributed by atoms with Gasteiger partial charge in [0, 0.05) is 30.7 Å². The molecule has 0 aliphatic carbocycles. The van der Waals surface area contributed by atoms with E-state index in [1.54, 1.807) is 6.07 Å². The van der Waals surface area contributed by atoms with Gasteiger partial charge in [0.25, 0.3) is 0 Å². The summed E-state index contributed by atoms with van der Waals surface area (Å²) in [7, 11) is 0. The number of aromatic nitrogens is 1. The third-order valence-electron chi connectivity index (χ3n) is 4.69. The van der Waals surface area contributed by atoms with Gasteiger partial charge < -0.3 is 14.9 Å². The van der Waals surface area contributed by atoms with Crippen LogP contribution in [0.4, 0.5) is 5.69 Å². The number of aromatic hydroxyl groups is 1. The Hall–Kier alpha value is -1.81. The van der Waals surface area contributed by atoms with Gasteiger partial charge in [0.05, 0.1) is 11.2 Å². The first-order valence-electron chi connectivity index (χ1n) is 9.24. The summed E-state index contributed by atoms with van der Waals surface area (Å²) in [4.78, 5) is 9.32. The molecule has 0 aliphatic rings. The number of nitrogens with zero attached hydrogens (tertiary/aromatic N) is 3. The van der Waals surface area contributed by atoms with Crippen molar-refractivity contribution in [3.8, 4) is 5.75 Å². The van der Waals surface area contributed by atoms with Crippen LogP contribution in [0.3, 0.4) is 0 Å². The molecule has 2 rings (SSSR count). The fourth-order valence-corrected chi connectivity index (χ4v) is 3.20. The lowest BCUT2D eigenvalue weighted by Crippen LogP contribution is -2.26. The highest BCUT2D eigenvalue weighted by Crippen LogP contribution is 2.30. The average molecular weight is 329 g/mol. The second kappa shape index (κ2) is 9.48. The molecule has 0 bridgehead atoms. The second-order valence-corrected chi connectivity index (χ2v) is 6.21. The van der Waals surface area contributed by atoms with Crippen molar-refractivity contribution in [2.24, 2.45) is 0 Å². The molecule has 0 radical (unpaired) electrons. The van der Waals surface area contributed by atoms with Crippen LogP contribution >= 0.6 is 0 Å². The topological polar surface area (TPSA) is 39.6 Å². The van der Waals surface area contributed by atoms with Crippen molar-refractivity contribution in [2.75, 3.05) is 37.6 Å². The Morgan fingerprint density at radius 1 is 0.958 bits per heavy atom. The summed E-state index contributed by atoms with van der Waals surface area (Å²) in [6, 6.07) is 7.54. The number of unbranched alkanes of at least 4 members (excludes halogenated alkanes) is 2. The van der Waals surface area contributed by atoms with Gasteiger partial charge in [0.15, 0.2) is 0 Å². The molecular formula is C20H31N3O. The summed E-state index contributed by atoms with van der Waals surface area (Å²) in [5.41, 5.74) is 2.01. The standard InChI is InChI=1S/C20H31N3O/c1-4-22(5-2)13-8-7-9-14-23(6-3)19-16-18(24)15-17-11-10-12-21-20(17)19/h10-12,15-16,24H,4-9,13-14H2,1-3H3. The number of phenols is 1. The summed E-state index contributed by atoms with van der Waals surface area (Å²) in [6.45, 7) is 12.0. The average Bonchev–Trinajstić information content (AvgIpc) is 2.61. The SMILES string of the molecule is CCN(CC)CCCCCN(CC)c1cc(O)cc2cccnc12. The molecule has 2 aromatic rings. The Morgan fingerprint density at radius 3 is 2.42 bits per heavy atom. The lowest BCUT2D eigenvalue weighted by atomic mass is 10.1. The number of rotatable bonds is 10. The first kappa shape index (κ1) is 18.5. The van der Waals surface area contributed by atoms with E-state index in [4.69, 9.17) is 0 Å². The molecular weight excluding hydrogens is 298 g/mol. The summed E-state index contributed by atoms with van der Waals surface area (Å²) >= 11 is 0. The fourth-order valence-electron chi connectivity index (χ4n) is 3.20. The zero-order chi connectivity index (χ0) is 17.4. The number of phenolic OH excluding ortho intramolecular Hbond substituents is 1. The number of anilines is 1. The highest BCUT2D eigenvalue weighted by atomic mass is 16.3. The molecule has 4 nitrogen and oxygen atoms in total. The Bertz CT molecular complexity index is 625. The Balaban J connectivity index is 1.97. The van der Waals surface area contributed by atoms with E-state index in [-0.39, 0.29) is 0 Å². The van der Waals surface area contributed by atoms with Crippen LogP contribution in [0.1, 0.15) is 40.0 Å². The van der Waals surface area contributed by atoms with Gasteiger partial charge in [-0.25, -0.2) is 0 Å². The van der Waals surface area contributed by atoms with E-state index in [1.807, 2.05) is 24.4 Å². The predicted molar refractivity (Wildman–Crippen MR) is 103 cm³/mol. The Morgan fingerprint density at radius 2 is 1.71 bits per heavy atom. The van der Waals surface area contributed by atoms with Crippen LogP contribution in [0.2, 0.25) is 0 Å². The number of hydrogen-bond acceptors (Lipinski definition) is 4. The van der Waals surface area contributed by atoms with E-state index in [0.717, 1.165) is 42.8 Å². The van der Waals surface area contributed by atoms with E-state index in [9.17, 15) is 5.11 Å². The molecule has 4 heteroatoms. The maximum Gasteiger partial charge on any atom is 0.118 e. The Labute approximate surface area is 146 Å². The largest absolute Gasteiger partial charge is 0.508 e. The monoisotopic (exact) mass is 329 g/mol. The van der Waals surface area contributed by atoms with E-state index < -0.39 is 0 Å². The van der Waals surface area contributed by atoms with Crippen molar-refractivity contribution in [2.45, 2.75) is 40.0 Å². The van der Waals surface area contributed by atoms with Crippen molar-refractivity contribution in [1.82, 2.24) is 9.88 Å². The number of benzene rings is 1. The van der Waals surface area contributed by atoms with Crippen molar-refractivity contribution >= 4 is 16.6 Å². The van der Waals surface area contributed by atoms with Crippen LogP contribution < -0.4 is 4.90 Å². The zero-order valence-corrected chi connectivity index (χ0v) is 15.3. The lowest BCUT2D eigenvalue weighted by Gasteiger charge is -2.25. The summed E-state index contributed by atoms with van der Waals surface area (Å²) in [5, 5.41) is 11.0.